The van der Waals surface area contributed by atoms with Gasteiger partial charge in [-0.3, -0.25) is 4.79 Å². The van der Waals surface area contributed by atoms with E-state index in [9.17, 15) is 9.59 Å². The van der Waals surface area contributed by atoms with E-state index in [-0.39, 0.29) is 5.84 Å². The average molecular weight is 342 g/mol. The molecule has 3 aromatic rings. The van der Waals surface area contributed by atoms with Crippen LogP contribution in [-0.4, -0.2) is 22.8 Å². The average Bonchev–Trinajstić information content (AvgIpc) is 2.94. The Balaban J connectivity index is 1.85. The summed E-state index contributed by atoms with van der Waals surface area (Å²) in [6.07, 6.45) is 1.59. The number of amidine groups is 1. The van der Waals surface area contributed by atoms with E-state index in [2.05, 4.69) is 9.98 Å². The Morgan fingerprint density at radius 2 is 1.27 bits per heavy atom. The van der Waals surface area contributed by atoms with Crippen LogP contribution >= 0.6 is 0 Å². The van der Waals surface area contributed by atoms with Gasteiger partial charge in [-0.25, -0.2) is 24.6 Å². The van der Waals surface area contributed by atoms with Gasteiger partial charge in [-0.15, -0.1) is 0 Å². The monoisotopic (exact) mass is 342 g/mol. The van der Waals surface area contributed by atoms with Crippen molar-refractivity contribution >= 4 is 35.0 Å². The summed E-state index contributed by atoms with van der Waals surface area (Å²) < 4.78 is 0. The van der Waals surface area contributed by atoms with E-state index < -0.39 is 11.9 Å². The Bertz CT molecular complexity index is 972. The van der Waals surface area contributed by atoms with Crippen molar-refractivity contribution in [2.45, 2.75) is 0 Å². The third kappa shape index (κ3) is 2.73. The summed E-state index contributed by atoms with van der Waals surface area (Å²) in [6, 6.07) is 22.5. The Labute approximate surface area is 150 Å². The minimum atomic E-state index is -0.490. The van der Waals surface area contributed by atoms with Gasteiger partial charge in [0, 0.05) is 6.20 Å². The number of aromatic nitrogens is 1. The van der Waals surface area contributed by atoms with Crippen molar-refractivity contribution in [1.29, 1.82) is 0 Å². The molecule has 1 saturated heterocycles. The van der Waals surface area contributed by atoms with Crippen LogP contribution in [0, 0.1) is 0 Å². The summed E-state index contributed by atoms with van der Waals surface area (Å²) in [5.74, 6) is -0.112. The number of carbonyl (C=O) groups excluding carboxylic acids is 2. The van der Waals surface area contributed by atoms with Gasteiger partial charge in [0.15, 0.2) is 5.82 Å². The van der Waals surface area contributed by atoms with Gasteiger partial charge in [-0.1, -0.05) is 42.5 Å². The van der Waals surface area contributed by atoms with Gasteiger partial charge < -0.3 is 0 Å². The van der Waals surface area contributed by atoms with Crippen LogP contribution in [0.3, 0.4) is 0 Å². The van der Waals surface area contributed by atoms with Gasteiger partial charge in [0.1, 0.15) is 0 Å². The van der Waals surface area contributed by atoms with Crippen LogP contribution in [-0.2, 0) is 4.79 Å². The zero-order chi connectivity index (χ0) is 17.9. The molecule has 4 rings (SSSR count). The highest BCUT2D eigenvalue weighted by Crippen LogP contribution is 2.28. The van der Waals surface area contributed by atoms with Crippen molar-refractivity contribution in [2.24, 2.45) is 4.99 Å². The van der Waals surface area contributed by atoms with Crippen LogP contribution in [0.25, 0.3) is 0 Å². The molecule has 2 aromatic carbocycles. The lowest BCUT2D eigenvalue weighted by Crippen LogP contribution is -2.33. The first-order valence-electron chi connectivity index (χ1n) is 8.04. The number of nitrogens with zero attached hydrogens (tertiary/aromatic N) is 4. The number of benzene rings is 2. The first kappa shape index (κ1) is 15.7. The molecule has 0 N–H and O–H groups in total. The number of carbonyl (C=O) groups is 2. The molecule has 0 radical (unpaired) electrons. The lowest BCUT2D eigenvalue weighted by molar-refractivity contribution is -0.111. The third-order valence-corrected chi connectivity index (χ3v) is 3.89. The molecule has 6 heteroatoms. The largest absolute Gasteiger partial charge is 0.342 e. The van der Waals surface area contributed by atoms with Crippen LogP contribution in [0.5, 0.6) is 0 Å². The molecule has 0 saturated carbocycles. The summed E-state index contributed by atoms with van der Waals surface area (Å²) in [7, 11) is 0. The minimum Gasteiger partial charge on any atom is -0.265 e. The van der Waals surface area contributed by atoms with E-state index >= 15 is 0 Å². The number of hydrogen-bond acceptors (Lipinski definition) is 4. The summed E-state index contributed by atoms with van der Waals surface area (Å²) >= 11 is 0. The molecular formula is C20H14N4O2. The van der Waals surface area contributed by atoms with E-state index in [1.807, 2.05) is 12.1 Å². The molecule has 126 valence electrons. The Kier molecular flexibility index (Phi) is 3.99. The van der Waals surface area contributed by atoms with Crippen molar-refractivity contribution in [3.8, 4) is 0 Å². The van der Waals surface area contributed by atoms with Gasteiger partial charge in [-0.05, 0) is 36.4 Å². The second-order valence-corrected chi connectivity index (χ2v) is 5.55. The molecule has 0 spiro atoms. The van der Waals surface area contributed by atoms with E-state index in [1.165, 1.54) is 4.90 Å². The van der Waals surface area contributed by atoms with Gasteiger partial charge >= 0.3 is 11.9 Å². The highest BCUT2D eigenvalue weighted by Gasteiger charge is 2.44. The summed E-state index contributed by atoms with van der Waals surface area (Å²) in [5, 5.41) is 0. The Hall–Kier alpha value is -3.80. The van der Waals surface area contributed by atoms with Gasteiger partial charge in [0.05, 0.1) is 11.4 Å². The fraction of sp³-hybridized carbons (Fsp3) is 0. The van der Waals surface area contributed by atoms with Crippen LogP contribution in [0.1, 0.15) is 0 Å². The summed E-state index contributed by atoms with van der Waals surface area (Å²) in [6.45, 7) is 0. The van der Waals surface area contributed by atoms with E-state index in [0.717, 1.165) is 4.90 Å². The lowest BCUT2D eigenvalue weighted by atomic mass is 10.3. The minimum absolute atomic E-state index is 0.0174. The number of anilines is 2. The number of amides is 3. The molecule has 0 bridgehead atoms. The van der Waals surface area contributed by atoms with Crippen LogP contribution in [0.15, 0.2) is 90.1 Å². The summed E-state index contributed by atoms with van der Waals surface area (Å²) in [4.78, 5) is 37.0. The van der Waals surface area contributed by atoms with Crippen molar-refractivity contribution in [1.82, 2.24) is 4.98 Å². The molecule has 1 aliphatic heterocycles. The number of urea groups is 1. The fourth-order valence-electron chi connectivity index (χ4n) is 2.71. The molecule has 0 atom stereocenters. The van der Waals surface area contributed by atoms with E-state index in [0.29, 0.717) is 17.2 Å². The van der Waals surface area contributed by atoms with Crippen molar-refractivity contribution in [3.63, 3.8) is 0 Å². The summed E-state index contributed by atoms with van der Waals surface area (Å²) in [5.41, 5.74) is 1.06. The molecule has 1 aliphatic rings. The molecule has 1 fully saturated rings. The van der Waals surface area contributed by atoms with Gasteiger partial charge in [0.25, 0.3) is 0 Å². The number of hydrogen-bond donors (Lipinski definition) is 0. The molecule has 0 unspecified atom stereocenters. The van der Waals surface area contributed by atoms with Crippen LogP contribution in [0.2, 0.25) is 0 Å². The second kappa shape index (κ2) is 6.60. The topological polar surface area (TPSA) is 65.9 Å². The van der Waals surface area contributed by atoms with E-state index in [4.69, 9.17) is 0 Å². The molecule has 0 aliphatic carbocycles. The molecular weight excluding hydrogens is 328 g/mol. The normalized spacial score (nSPS) is 15.8. The molecule has 26 heavy (non-hydrogen) atoms. The quantitative estimate of drug-likeness (QED) is 0.680. The zero-order valence-electron chi connectivity index (χ0n) is 13.7. The Morgan fingerprint density at radius 3 is 1.85 bits per heavy atom. The number of pyridine rings is 1. The van der Waals surface area contributed by atoms with Crippen LogP contribution < -0.4 is 9.80 Å². The first-order chi connectivity index (χ1) is 12.8. The highest BCUT2D eigenvalue weighted by atomic mass is 16.2. The maximum atomic E-state index is 13.0. The molecule has 6 nitrogen and oxygen atoms in total. The van der Waals surface area contributed by atoms with Gasteiger partial charge in [-0.2, -0.15) is 0 Å². The third-order valence-electron chi connectivity index (χ3n) is 3.89. The predicted molar refractivity (Wildman–Crippen MR) is 99.6 cm³/mol. The van der Waals surface area contributed by atoms with Crippen LogP contribution in [0.4, 0.5) is 22.0 Å². The molecule has 1 aromatic heterocycles. The number of para-hydroxylation sites is 2. The zero-order valence-corrected chi connectivity index (χ0v) is 13.7. The SMILES string of the molecule is O=C1/C(=N\c2ccccn2)N(c2ccccc2)C(=O)N1c1ccccc1. The molecule has 3 amide bonds. The van der Waals surface area contributed by atoms with Crippen molar-refractivity contribution in [3.05, 3.63) is 85.1 Å². The Morgan fingerprint density at radius 1 is 0.692 bits per heavy atom. The maximum Gasteiger partial charge on any atom is 0.342 e. The number of imide groups is 1. The van der Waals surface area contributed by atoms with Crippen molar-refractivity contribution in [2.75, 3.05) is 9.80 Å². The first-order valence-corrected chi connectivity index (χ1v) is 8.04. The smallest absolute Gasteiger partial charge is 0.265 e. The fourth-order valence-corrected chi connectivity index (χ4v) is 2.71. The van der Waals surface area contributed by atoms with Crippen molar-refractivity contribution < 1.29 is 9.59 Å². The second-order valence-electron chi connectivity index (χ2n) is 5.55. The number of aliphatic imine (C=N–C) groups is 1. The van der Waals surface area contributed by atoms with Gasteiger partial charge in [0.2, 0.25) is 5.84 Å². The van der Waals surface area contributed by atoms with E-state index in [1.54, 1.807) is 72.9 Å². The molecule has 2 heterocycles. The lowest BCUT2D eigenvalue weighted by Gasteiger charge is -2.16. The highest BCUT2D eigenvalue weighted by molar-refractivity contribution is 6.62. The number of rotatable bonds is 3. The standard InChI is InChI=1S/C20H14N4O2/c25-19-18(22-17-13-7-8-14-21-17)23(15-9-3-1-4-10-15)20(26)24(19)16-11-5-2-6-12-16/h1-14H/b22-18+. The predicted octanol–water partition coefficient (Wildman–Crippen LogP) is 3.79. The maximum absolute atomic E-state index is 13.0.